The third-order valence-corrected chi connectivity index (χ3v) is 2.38. The first-order valence-electron chi connectivity index (χ1n) is 4.46. The molecule has 3 N–H and O–H groups in total. The van der Waals surface area contributed by atoms with Gasteiger partial charge in [0.25, 0.3) is 0 Å². The Bertz CT molecular complexity index is 336. The van der Waals surface area contributed by atoms with Crippen LogP contribution in [0.1, 0.15) is 24.1 Å². The van der Waals surface area contributed by atoms with Crippen LogP contribution in [0.15, 0.2) is 12.1 Å². The Morgan fingerprint density at radius 1 is 1.62 bits per heavy atom. The molecule has 1 heterocycles. The minimum atomic E-state index is -0.0365. The van der Waals surface area contributed by atoms with E-state index in [1.807, 2.05) is 6.92 Å². The molecule has 0 radical (unpaired) electrons. The van der Waals surface area contributed by atoms with E-state index < -0.39 is 0 Å². The average molecular weight is 179 g/mol. The molecular weight excluding hydrogens is 166 g/mol. The summed E-state index contributed by atoms with van der Waals surface area (Å²) in [6, 6.07) is 3.35. The van der Waals surface area contributed by atoms with Gasteiger partial charge in [0.15, 0.2) is 0 Å². The standard InChI is InChI=1S/C10H13NO2/c1-2-6-3-7(12)4-9-10(6)8(11)5-13-9/h3-4,8,12H,2,5,11H2,1H3/t8-/m0/s1. The normalized spacial score (nSPS) is 19.7. The highest BCUT2D eigenvalue weighted by Gasteiger charge is 2.23. The van der Waals surface area contributed by atoms with Crippen LogP contribution in [0.25, 0.3) is 0 Å². The molecule has 1 aliphatic heterocycles. The number of hydrogen-bond acceptors (Lipinski definition) is 3. The SMILES string of the molecule is CCc1cc(O)cc2c1[C@@H](N)CO2. The molecule has 70 valence electrons. The fourth-order valence-electron chi connectivity index (χ4n) is 1.76. The number of benzene rings is 1. The Morgan fingerprint density at radius 2 is 2.38 bits per heavy atom. The number of hydrogen-bond donors (Lipinski definition) is 2. The number of rotatable bonds is 1. The van der Waals surface area contributed by atoms with Gasteiger partial charge in [-0.05, 0) is 18.1 Å². The van der Waals surface area contributed by atoms with Gasteiger partial charge in [-0.1, -0.05) is 6.92 Å². The maximum Gasteiger partial charge on any atom is 0.128 e. The summed E-state index contributed by atoms with van der Waals surface area (Å²) in [5.74, 6) is 0.994. The summed E-state index contributed by atoms with van der Waals surface area (Å²) in [5.41, 5.74) is 8.01. The zero-order valence-electron chi connectivity index (χ0n) is 7.58. The molecule has 0 saturated heterocycles. The molecule has 0 bridgehead atoms. The van der Waals surface area contributed by atoms with Crippen LogP contribution in [0.4, 0.5) is 0 Å². The van der Waals surface area contributed by atoms with Crippen LogP contribution < -0.4 is 10.5 Å². The molecule has 1 aromatic rings. The number of phenolic OH excluding ortho intramolecular Hbond substituents is 1. The van der Waals surface area contributed by atoms with Crippen LogP contribution in [0, 0.1) is 0 Å². The van der Waals surface area contributed by atoms with Crippen LogP contribution in [-0.4, -0.2) is 11.7 Å². The van der Waals surface area contributed by atoms with Crippen LogP contribution in [0.2, 0.25) is 0 Å². The lowest BCUT2D eigenvalue weighted by Gasteiger charge is -2.08. The molecule has 0 saturated carbocycles. The molecule has 0 aliphatic carbocycles. The maximum absolute atomic E-state index is 9.37. The number of phenols is 1. The fraction of sp³-hybridized carbons (Fsp3) is 0.400. The molecule has 1 aromatic carbocycles. The van der Waals surface area contributed by atoms with Crippen molar-refractivity contribution in [2.75, 3.05) is 6.61 Å². The lowest BCUT2D eigenvalue weighted by molar-refractivity contribution is 0.332. The van der Waals surface area contributed by atoms with E-state index in [0.29, 0.717) is 6.61 Å². The summed E-state index contributed by atoms with van der Waals surface area (Å²) >= 11 is 0. The van der Waals surface area contributed by atoms with E-state index in [1.54, 1.807) is 12.1 Å². The van der Waals surface area contributed by atoms with E-state index in [2.05, 4.69) is 0 Å². The van der Waals surface area contributed by atoms with E-state index >= 15 is 0 Å². The van der Waals surface area contributed by atoms with Crippen molar-refractivity contribution in [3.05, 3.63) is 23.3 Å². The molecule has 3 heteroatoms. The summed E-state index contributed by atoms with van der Waals surface area (Å²) in [5, 5.41) is 9.37. The molecular formula is C10H13NO2. The zero-order chi connectivity index (χ0) is 9.42. The second kappa shape index (κ2) is 2.92. The van der Waals surface area contributed by atoms with Gasteiger partial charge >= 0.3 is 0 Å². The number of ether oxygens (including phenoxy) is 1. The van der Waals surface area contributed by atoms with Crippen LogP contribution in [0.3, 0.4) is 0 Å². The fourth-order valence-corrected chi connectivity index (χ4v) is 1.76. The zero-order valence-corrected chi connectivity index (χ0v) is 7.58. The highest BCUT2D eigenvalue weighted by Crippen LogP contribution is 2.37. The van der Waals surface area contributed by atoms with Crippen molar-refractivity contribution in [3.8, 4) is 11.5 Å². The second-order valence-electron chi connectivity index (χ2n) is 3.29. The van der Waals surface area contributed by atoms with Crippen LogP contribution in [0.5, 0.6) is 11.5 Å². The topological polar surface area (TPSA) is 55.5 Å². The quantitative estimate of drug-likeness (QED) is 0.684. The largest absolute Gasteiger partial charge is 0.508 e. The van der Waals surface area contributed by atoms with Gasteiger partial charge in [0, 0.05) is 11.6 Å². The lowest BCUT2D eigenvalue weighted by atomic mass is 10.00. The summed E-state index contributed by atoms with van der Waals surface area (Å²) in [7, 11) is 0. The number of fused-ring (bicyclic) bond motifs is 1. The van der Waals surface area contributed by atoms with Crippen molar-refractivity contribution in [1.29, 1.82) is 0 Å². The second-order valence-corrected chi connectivity index (χ2v) is 3.29. The predicted octanol–water partition coefficient (Wildman–Crippen LogP) is 1.35. The highest BCUT2D eigenvalue weighted by molar-refractivity contribution is 5.49. The Labute approximate surface area is 77.1 Å². The Balaban J connectivity index is 2.57. The number of aryl methyl sites for hydroxylation is 1. The molecule has 1 atom stereocenters. The predicted molar refractivity (Wildman–Crippen MR) is 49.9 cm³/mol. The number of nitrogens with two attached hydrogens (primary N) is 1. The minimum absolute atomic E-state index is 0.0365. The molecule has 1 aliphatic rings. The van der Waals surface area contributed by atoms with Crippen molar-refractivity contribution in [2.24, 2.45) is 5.73 Å². The van der Waals surface area contributed by atoms with E-state index in [1.165, 1.54) is 0 Å². The summed E-state index contributed by atoms with van der Waals surface area (Å²) in [6.07, 6.45) is 0.869. The molecule has 0 fully saturated rings. The highest BCUT2D eigenvalue weighted by atomic mass is 16.5. The van der Waals surface area contributed by atoms with E-state index in [4.69, 9.17) is 10.5 Å². The van der Waals surface area contributed by atoms with Gasteiger partial charge in [-0.2, -0.15) is 0 Å². The van der Waals surface area contributed by atoms with Crippen molar-refractivity contribution in [1.82, 2.24) is 0 Å². The van der Waals surface area contributed by atoms with Crippen molar-refractivity contribution < 1.29 is 9.84 Å². The lowest BCUT2D eigenvalue weighted by Crippen LogP contribution is -2.12. The smallest absolute Gasteiger partial charge is 0.128 e. The van der Waals surface area contributed by atoms with Crippen molar-refractivity contribution >= 4 is 0 Å². The minimum Gasteiger partial charge on any atom is -0.508 e. The van der Waals surface area contributed by atoms with E-state index in [-0.39, 0.29) is 11.8 Å². The summed E-state index contributed by atoms with van der Waals surface area (Å²) in [6.45, 7) is 2.56. The maximum atomic E-state index is 9.37. The molecule has 3 nitrogen and oxygen atoms in total. The molecule has 0 spiro atoms. The molecule has 0 unspecified atom stereocenters. The van der Waals surface area contributed by atoms with Gasteiger partial charge in [0.2, 0.25) is 0 Å². The van der Waals surface area contributed by atoms with E-state index in [0.717, 1.165) is 23.3 Å². The van der Waals surface area contributed by atoms with Crippen LogP contribution >= 0.6 is 0 Å². The van der Waals surface area contributed by atoms with Gasteiger partial charge in [-0.3, -0.25) is 0 Å². The average Bonchev–Trinajstić information content (AvgIpc) is 2.46. The molecule has 0 amide bonds. The van der Waals surface area contributed by atoms with Gasteiger partial charge in [-0.25, -0.2) is 0 Å². The third-order valence-electron chi connectivity index (χ3n) is 2.38. The molecule has 13 heavy (non-hydrogen) atoms. The van der Waals surface area contributed by atoms with Gasteiger partial charge in [0.1, 0.15) is 18.1 Å². The Morgan fingerprint density at radius 3 is 3.08 bits per heavy atom. The van der Waals surface area contributed by atoms with Crippen LogP contribution in [-0.2, 0) is 6.42 Å². The molecule has 0 aromatic heterocycles. The van der Waals surface area contributed by atoms with Gasteiger partial charge < -0.3 is 15.6 Å². The number of aromatic hydroxyl groups is 1. The Kier molecular flexibility index (Phi) is 1.88. The van der Waals surface area contributed by atoms with E-state index in [9.17, 15) is 5.11 Å². The van der Waals surface area contributed by atoms with Crippen molar-refractivity contribution in [2.45, 2.75) is 19.4 Å². The molecule has 2 rings (SSSR count). The van der Waals surface area contributed by atoms with Gasteiger partial charge in [-0.15, -0.1) is 0 Å². The summed E-state index contributed by atoms with van der Waals surface area (Å²) in [4.78, 5) is 0. The van der Waals surface area contributed by atoms with Crippen molar-refractivity contribution in [3.63, 3.8) is 0 Å². The first-order valence-corrected chi connectivity index (χ1v) is 4.46. The monoisotopic (exact) mass is 179 g/mol. The Hall–Kier alpha value is -1.22. The first kappa shape index (κ1) is 8.38. The third kappa shape index (κ3) is 1.25. The van der Waals surface area contributed by atoms with Gasteiger partial charge in [0.05, 0.1) is 6.04 Å². The summed E-state index contributed by atoms with van der Waals surface area (Å²) < 4.78 is 5.35. The first-order chi connectivity index (χ1) is 6.22.